The molecule has 2 aromatic carbocycles. The van der Waals surface area contributed by atoms with Gasteiger partial charge in [-0.25, -0.2) is 0 Å². The van der Waals surface area contributed by atoms with Crippen LogP contribution in [0.4, 0.5) is 5.69 Å². The van der Waals surface area contributed by atoms with Gasteiger partial charge in [-0.2, -0.15) is 0 Å². The third-order valence-electron chi connectivity index (χ3n) is 4.20. The number of carbonyl (C=O) groups excluding carboxylic acids is 2. The Bertz CT molecular complexity index is 740. The number of benzene rings is 2. The number of nitrogens with zero attached hydrogens (tertiary/aromatic N) is 1. The number of carbonyl (C=O) groups is 2. The van der Waals surface area contributed by atoms with Gasteiger partial charge in [0.2, 0.25) is 5.91 Å². The molecule has 0 aromatic heterocycles. The predicted molar refractivity (Wildman–Crippen MR) is 90.5 cm³/mol. The van der Waals surface area contributed by atoms with Crippen molar-refractivity contribution in [1.29, 1.82) is 0 Å². The largest absolute Gasteiger partial charge is 0.376 e. The molecule has 23 heavy (non-hydrogen) atoms. The van der Waals surface area contributed by atoms with Crippen LogP contribution in [0, 0.1) is 0 Å². The van der Waals surface area contributed by atoms with Gasteiger partial charge in [0.15, 0.2) is 5.78 Å². The van der Waals surface area contributed by atoms with Gasteiger partial charge in [0.1, 0.15) is 0 Å². The molecule has 1 heterocycles. The van der Waals surface area contributed by atoms with Gasteiger partial charge in [0.25, 0.3) is 0 Å². The maximum atomic E-state index is 12.4. The summed E-state index contributed by atoms with van der Waals surface area (Å²) >= 11 is 0. The molecule has 0 saturated carbocycles. The SMILES string of the molecule is CC(=O)c1cccc(NCC(=O)N2CCc3ccccc3C2)c1. The topological polar surface area (TPSA) is 49.4 Å². The number of Topliss-reactive ketones (excluding diaryl/α,β-unsaturated/α-hetero) is 1. The molecular weight excluding hydrogens is 288 g/mol. The summed E-state index contributed by atoms with van der Waals surface area (Å²) in [6, 6.07) is 15.5. The van der Waals surface area contributed by atoms with Crippen LogP contribution in [0.1, 0.15) is 28.4 Å². The fourth-order valence-corrected chi connectivity index (χ4v) is 2.85. The van der Waals surface area contributed by atoms with E-state index in [0.29, 0.717) is 12.1 Å². The van der Waals surface area contributed by atoms with E-state index in [2.05, 4.69) is 17.4 Å². The second-order valence-corrected chi connectivity index (χ2v) is 5.82. The standard InChI is InChI=1S/C19H20N2O2/c1-14(22)16-7-4-8-18(11-16)20-12-19(23)21-10-9-15-5-2-3-6-17(15)13-21/h2-8,11,20H,9-10,12-13H2,1H3. The Hall–Kier alpha value is -2.62. The Morgan fingerprint density at radius 3 is 2.65 bits per heavy atom. The number of hydrogen-bond donors (Lipinski definition) is 1. The van der Waals surface area contributed by atoms with Gasteiger partial charge >= 0.3 is 0 Å². The molecule has 0 spiro atoms. The molecule has 0 saturated heterocycles. The minimum absolute atomic E-state index is 0.0209. The first-order valence-electron chi connectivity index (χ1n) is 7.83. The van der Waals surface area contributed by atoms with Gasteiger partial charge in [0.05, 0.1) is 6.54 Å². The van der Waals surface area contributed by atoms with Crippen LogP contribution < -0.4 is 5.32 Å². The summed E-state index contributed by atoms with van der Waals surface area (Å²) in [6.45, 7) is 3.20. The number of hydrogen-bond acceptors (Lipinski definition) is 3. The zero-order valence-corrected chi connectivity index (χ0v) is 13.2. The molecule has 4 nitrogen and oxygen atoms in total. The summed E-state index contributed by atoms with van der Waals surface area (Å²) in [5, 5.41) is 3.12. The fourth-order valence-electron chi connectivity index (χ4n) is 2.85. The van der Waals surface area contributed by atoms with E-state index in [9.17, 15) is 9.59 Å². The molecular formula is C19H20N2O2. The highest BCUT2D eigenvalue weighted by Crippen LogP contribution is 2.18. The van der Waals surface area contributed by atoms with Crippen molar-refractivity contribution in [2.45, 2.75) is 19.9 Å². The average Bonchev–Trinajstić information content (AvgIpc) is 2.59. The van der Waals surface area contributed by atoms with Gasteiger partial charge in [-0.15, -0.1) is 0 Å². The third kappa shape index (κ3) is 3.59. The lowest BCUT2D eigenvalue weighted by molar-refractivity contribution is -0.130. The highest BCUT2D eigenvalue weighted by Gasteiger charge is 2.19. The van der Waals surface area contributed by atoms with Crippen molar-refractivity contribution in [3.05, 3.63) is 65.2 Å². The molecule has 0 bridgehead atoms. The first-order chi connectivity index (χ1) is 11.1. The summed E-state index contributed by atoms with van der Waals surface area (Å²) in [5.74, 6) is 0.0975. The fraction of sp³-hybridized carbons (Fsp3) is 0.263. The summed E-state index contributed by atoms with van der Waals surface area (Å²) in [7, 11) is 0. The number of rotatable bonds is 4. The maximum absolute atomic E-state index is 12.4. The number of anilines is 1. The first-order valence-corrected chi connectivity index (χ1v) is 7.83. The minimum atomic E-state index is 0.0209. The summed E-state index contributed by atoms with van der Waals surface area (Å²) in [4.78, 5) is 25.7. The first kappa shape index (κ1) is 15.3. The van der Waals surface area contributed by atoms with Crippen molar-refractivity contribution < 1.29 is 9.59 Å². The van der Waals surface area contributed by atoms with E-state index in [1.165, 1.54) is 18.1 Å². The molecule has 1 aliphatic heterocycles. The number of nitrogens with one attached hydrogen (secondary N) is 1. The number of amides is 1. The van der Waals surface area contributed by atoms with Crippen LogP contribution in [0.5, 0.6) is 0 Å². The quantitative estimate of drug-likeness (QED) is 0.884. The molecule has 0 fully saturated rings. The Morgan fingerprint density at radius 1 is 1.09 bits per heavy atom. The number of ketones is 1. The van der Waals surface area contributed by atoms with Gasteiger partial charge in [-0.1, -0.05) is 36.4 Å². The highest BCUT2D eigenvalue weighted by atomic mass is 16.2. The van der Waals surface area contributed by atoms with Gasteiger partial charge in [0, 0.05) is 24.3 Å². The molecule has 0 aliphatic carbocycles. The van der Waals surface area contributed by atoms with Crippen molar-refractivity contribution in [1.82, 2.24) is 4.90 Å². The van der Waals surface area contributed by atoms with E-state index >= 15 is 0 Å². The van der Waals surface area contributed by atoms with Crippen molar-refractivity contribution in [3.63, 3.8) is 0 Å². The second-order valence-electron chi connectivity index (χ2n) is 5.82. The lowest BCUT2D eigenvalue weighted by Gasteiger charge is -2.29. The van der Waals surface area contributed by atoms with Crippen molar-refractivity contribution in [2.75, 3.05) is 18.4 Å². The van der Waals surface area contributed by atoms with Crippen molar-refractivity contribution >= 4 is 17.4 Å². The van der Waals surface area contributed by atoms with Crippen LogP contribution in [-0.4, -0.2) is 29.7 Å². The second kappa shape index (κ2) is 6.65. The molecule has 1 amide bonds. The molecule has 118 valence electrons. The maximum Gasteiger partial charge on any atom is 0.242 e. The Labute approximate surface area is 136 Å². The summed E-state index contributed by atoms with van der Waals surface area (Å²) in [5.41, 5.74) is 4.00. The van der Waals surface area contributed by atoms with Crippen LogP contribution in [-0.2, 0) is 17.8 Å². The summed E-state index contributed by atoms with van der Waals surface area (Å²) in [6.07, 6.45) is 0.904. The molecule has 0 radical (unpaired) electrons. The van der Waals surface area contributed by atoms with Crippen LogP contribution in [0.3, 0.4) is 0 Å². The molecule has 3 rings (SSSR count). The zero-order valence-electron chi connectivity index (χ0n) is 13.2. The van der Waals surface area contributed by atoms with Crippen LogP contribution in [0.25, 0.3) is 0 Å². The Morgan fingerprint density at radius 2 is 1.87 bits per heavy atom. The van der Waals surface area contributed by atoms with Crippen molar-refractivity contribution in [3.8, 4) is 0 Å². The van der Waals surface area contributed by atoms with E-state index in [0.717, 1.165) is 18.7 Å². The highest BCUT2D eigenvalue weighted by molar-refractivity contribution is 5.95. The van der Waals surface area contributed by atoms with E-state index < -0.39 is 0 Å². The monoisotopic (exact) mass is 308 g/mol. The molecule has 1 N–H and O–H groups in total. The van der Waals surface area contributed by atoms with Crippen LogP contribution >= 0.6 is 0 Å². The summed E-state index contributed by atoms with van der Waals surface area (Å²) < 4.78 is 0. The average molecular weight is 308 g/mol. The van der Waals surface area contributed by atoms with Crippen LogP contribution in [0.15, 0.2) is 48.5 Å². The minimum Gasteiger partial charge on any atom is -0.376 e. The molecule has 0 unspecified atom stereocenters. The van der Waals surface area contributed by atoms with E-state index in [1.54, 1.807) is 12.1 Å². The zero-order chi connectivity index (χ0) is 16.2. The number of fused-ring (bicyclic) bond motifs is 1. The Balaban J connectivity index is 1.60. The van der Waals surface area contributed by atoms with Crippen LogP contribution in [0.2, 0.25) is 0 Å². The Kier molecular flexibility index (Phi) is 4.42. The van der Waals surface area contributed by atoms with E-state index in [1.807, 2.05) is 29.2 Å². The van der Waals surface area contributed by atoms with E-state index in [-0.39, 0.29) is 18.2 Å². The molecule has 2 aromatic rings. The molecule has 4 heteroatoms. The molecule has 1 aliphatic rings. The van der Waals surface area contributed by atoms with Crippen molar-refractivity contribution in [2.24, 2.45) is 0 Å². The third-order valence-corrected chi connectivity index (χ3v) is 4.20. The normalized spacial score (nSPS) is 13.3. The predicted octanol–water partition coefficient (Wildman–Crippen LogP) is 2.89. The smallest absolute Gasteiger partial charge is 0.242 e. The molecule has 0 atom stereocenters. The van der Waals surface area contributed by atoms with Gasteiger partial charge < -0.3 is 10.2 Å². The van der Waals surface area contributed by atoms with E-state index in [4.69, 9.17) is 0 Å². The lowest BCUT2D eigenvalue weighted by Crippen LogP contribution is -2.39. The van der Waals surface area contributed by atoms with Gasteiger partial charge in [-0.3, -0.25) is 9.59 Å². The van der Waals surface area contributed by atoms with Gasteiger partial charge in [-0.05, 0) is 36.6 Å². The lowest BCUT2D eigenvalue weighted by atomic mass is 10.00.